The first kappa shape index (κ1) is 16.8. The largest absolute Gasteiger partial charge is 0.497 e. The first-order valence-electron chi connectivity index (χ1n) is 8.07. The van der Waals surface area contributed by atoms with Gasteiger partial charge in [-0.2, -0.15) is 0 Å². The van der Waals surface area contributed by atoms with Crippen molar-refractivity contribution < 1.29 is 13.9 Å². The van der Waals surface area contributed by atoms with Crippen molar-refractivity contribution in [3.63, 3.8) is 0 Å². The Hall–Kier alpha value is -3.08. The molecule has 0 saturated heterocycles. The number of nitrogens with zero attached hydrogens (tertiary/aromatic N) is 1. The second kappa shape index (κ2) is 7.21. The molecule has 1 aromatic heterocycles. The van der Waals surface area contributed by atoms with Gasteiger partial charge in [0.15, 0.2) is 11.2 Å². The summed E-state index contributed by atoms with van der Waals surface area (Å²) >= 11 is 0. The summed E-state index contributed by atoms with van der Waals surface area (Å²) < 4.78 is 10.8. The van der Waals surface area contributed by atoms with Crippen LogP contribution in [0.25, 0.3) is 11.0 Å². The highest BCUT2D eigenvalue weighted by Gasteiger charge is 2.19. The summed E-state index contributed by atoms with van der Waals surface area (Å²) in [6.45, 7) is 2.85. The second-order valence-electron chi connectivity index (χ2n) is 5.64. The van der Waals surface area contributed by atoms with Gasteiger partial charge in [0.2, 0.25) is 0 Å². The number of ether oxygens (including phenoxy) is 1. The predicted octanol–water partition coefficient (Wildman–Crippen LogP) is 3.46. The van der Waals surface area contributed by atoms with Crippen molar-refractivity contribution in [2.45, 2.75) is 13.5 Å². The molecule has 0 aliphatic carbocycles. The lowest BCUT2D eigenvalue weighted by Gasteiger charge is -2.20. The molecule has 0 unspecified atom stereocenters. The van der Waals surface area contributed by atoms with E-state index in [1.54, 1.807) is 23.1 Å². The van der Waals surface area contributed by atoms with Crippen molar-refractivity contribution >= 4 is 16.9 Å². The molecular formula is C20H19NO4. The van der Waals surface area contributed by atoms with Gasteiger partial charge in [-0.05, 0) is 24.6 Å². The quantitative estimate of drug-likeness (QED) is 0.715. The average molecular weight is 337 g/mol. The molecule has 2 aromatic carbocycles. The van der Waals surface area contributed by atoms with E-state index < -0.39 is 0 Å². The first-order valence-corrected chi connectivity index (χ1v) is 8.07. The predicted molar refractivity (Wildman–Crippen MR) is 95.9 cm³/mol. The van der Waals surface area contributed by atoms with Crippen LogP contribution in [0, 0.1) is 0 Å². The number of carbonyl (C=O) groups excluding carboxylic acids is 1. The molecular weight excluding hydrogens is 318 g/mol. The van der Waals surface area contributed by atoms with Gasteiger partial charge in [-0.15, -0.1) is 0 Å². The normalized spacial score (nSPS) is 10.6. The van der Waals surface area contributed by atoms with Crippen LogP contribution in [0.4, 0.5) is 0 Å². The summed E-state index contributed by atoms with van der Waals surface area (Å²) in [6, 6.07) is 15.9. The van der Waals surface area contributed by atoms with E-state index in [0.717, 1.165) is 5.56 Å². The smallest absolute Gasteiger partial charge is 0.290 e. The van der Waals surface area contributed by atoms with Crippen LogP contribution in [0.3, 0.4) is 0 Å². The molecule has 0 bridgehead atoms. The summed E-state index contributed by atoms with van der Waals surface area (Å²) in [5.41, 5.74) is 1.11. The van der Waals surface area contributed by atoms with Crippen LogP contribution in [0.2, 0.25) is 0 Å². The van der Waals surface area contributed by atoms with Gasteiger partial charge < -0.3 is 14.1 Å². The fourth-order valence-corrected chi connectivity index (χ4v) is 2.65. The lowest BCUT2D eigenvalue weighted by molar-refractivity contribution is 0.0721. The molecule has 0 radical (unpaired) electrons. The van der Waals surface area contributed by atoms with Crippen molar-refractivity contribution in [2.75, 3.05) is 13.7 Å². The average Bonchev–Trinajstić information content (AvgIpc) is 2.65. The number of methoxy groups -OCH3 is 1. The molecule has 0 N–H and O–H groups in total. The molecule has 1 amide bonds. The van der Waals surface area contributed by atoms with Crippen LogP contribution in [0.5, 0.6) is 5.75 Å². The van der Waals surface area contributed by atoms with E-state index >= 15 is 0 Å². The van der Waals surface area contributed by atoms with E-state index in [2.05, 4.69) is 0 Å². The summed E-state index contributed by atoms with van der Waals surface area (Å²) in [7, 11) is 1.53. The number of fused-ring (bicyclic) bond motifs is 1. The molecule has 0 atom stereocenters. The highest BCUT2D eigenvalue weighted by molar-refractivity contribution is 5.93. The van der Waals surface area contributed by atoms with Crippen LogP contribution < -0.4 is 10.2 Å². The van der Waals surface area contributed by atoms with Crippen LogP contribution in [0.15, 0.2) is 63.8 Å². The van der Waals surface area contributed by atoms with Gasteiger partial charge in [0.25, 0.3) is 5.91 Å². The second-order valence-corrected chi connectivity index (χ2v) is 5.64. The minimum Gasteiger partial charge on any atom is -0.497 e. The Morgan fingerprint density at radius 3 is 2.56 bits per heavy atom. The highest BCUT2D eigenvalue weighted by Crippen LogP contribution is 2.20. The van der Waals surface area contributed by atoms with Crippen LogP contribution >= 0.6 is 0 Å². The zero-order valence-corrected chi connectivity index (χ0v) is 14.2. The summed E-state index contributed by atoms with van der Waals surface area (Å²) in [4.78, 5) is 26.7. The Morgan fingerprint density at radius 1 is 1.12 bits per heavy atom. The third-order valence-corrected chi connectivity index (χ3v) is 4.03. The van der Waals surface area contributed by atoms with Gasteiger partial charge in [-0.3, -0.25) is 9.59 Å². The molecule has 1 heterocycles. The minimum absolute atomic E-state index is 0.0311. The molecule has 5 heteroatoms. The van der Waals surface area contributed by atoms with Crippen LogP contribution in [-0.2, 0) is 6.54 Å². The van der Waals surface area contributed by atoms with E-state index in [9.17, 15) is 9.59 Å². The Kier molecular flexibility index (Phi) is 4.84. The standard InChI is InChI=1S/C20H19NO4/c1-3-21(13-14-7-5-4-6-8-14)20(23)19-12-17(22)16-10-9-15(24-2)11-18(16)25-19/h4-12H,3,13H2,1-2H3. The van der Waals surface area contributed by atoms with Gasteiger partial charge in [-0.1, -0.05) is 30.3 Å². The Balaban J connectivity index is 1.96. The molecule has 0 aliphatic rings. The van der Waals surface area contributed by atoms with E-state index in [-0.39, 0.29) is 17.1 Å². The number of carbonyl (C=O) groups is 1. The zero-order valence-electron chi connectivity index (χ0n) is 14.2. The van der Waals surface area contributed by atoms with Gasteiger partial charge in [-0.25, -0.2) is 0 Å². The maximum Gasteiger partial charge on any atom is 0.290 e. The van der Waals surface area contributed by atoms with Gasteiger partial charge >= 0.3 is 0 Å². The number of benzene rings is 2. The summed E-state index contributed by atoms with van der Waals surface area (Å²) in [5, 5.41) is 0.420. The zero-order chi connectivity index (χ0) is 17.8. The molecule has 0 fully saturated rings. The molecule has 3 rings (SSSR count). The van der Waals surface area contributed by atoms with Crippen LogP contribution in [-0.4, -0.2) is 24.5 Å². The monoisotopic (exact) mass is 337 g/mol. The third kappa shape index (κ3) is 3.55. The molecule has 128 valence electrons. The van der Waals surface area contributed by atoms with E-state index in [1.807, 2.05) is 37.3 Å². The SMILES string of the molecule is CCN(Cc1ccccc1)C(=O)c1cc(=O)c2ccc(OC)cc2o1. The maximum atomic E-state index is 12.8. The summed E-state index contributed by atoms with van der Waals surface area (Å²) in [5.74, 6) is 0.286. The number of hydrogen-bond donors (Lipinski definition) is 0. The number of hydrogen-bond acceptors (Lipinski definition) is 4. The van der Waals surface area contributed by atoms with Gasteiger partial charge in [0, 0.05) is 25.2 Å². The van der Waals surface area contributed by atoms with E-state index in [0.29, 0.717) is 29.8 Å². The number of rotatable bonds is 5. The molecule has 3 aromatic rings. The number of amides is 1. The van der Waals surface area contributed by atoms with Crippen molar-refractivity contribution in [1.29, 1.82) is 0 Å². The van der Waals surface area contributed by atoms with Crippen LogP contribution in [0.1, 0.15) is 23.0 Å². The highest BCUT2D eigenvalue weighted by atomic mass is 16.5. The van der Waals surface area contributed by atoms with E-state index in [1.165, 1.54) is 13.2 Å². The molecule has 5 nitrogen and oxygen atoms in total. The molecule has 25 heavy (non-hydrogen) atoms. The topological polar surface area (TPSA) is 59.8 Å². The Morgan fingerprint density at radius 2 is 1.88 bits per heavy atom. The lowest BCUT2D eigenvalue weighted by Crippen LogP contribution is -2.30. The summed E-state index contributed by atoms with van der Waals surface area (Å²) in [6.07, 6.45) is 0. The Labute approximate surface area is 145 Å². The van der Waals surface area contributed by atoms with Crippen molar-refractivity contribution in [3.05, 3.63) is 76.1 Å². The minimum atomic E-state index is -0.312. The maximum absolute atomic E-state index is 12.8. The Bertz CT molecular complexity index is 947. The molecule has 0 aliphatic heterocycles. The van der Waals surface area contributed by atoms with Gasteiger partial charge in [0.05, 0.1) is 12.5 Å². The van der Waals surface area contributed by atoms with E-state index in [4.69, 9.17) is 9.15 Å². The third-order valence-electron chi connectivity index (χ3n) is 4.03. The van der Waals surface area contributed by atoms with Gasteiger partial charge in [0.1, 0.15) is 11.3 Å². The molecule has 0 saturated carbocycles. The fourth-order valence-electron chi connectivity index (χ4n) is 2.65. The fraction of sp³-hybridized carbons (Fsp3) is 0.200. The van der Waals surface area contributed by atoms with Crippen molar-refractivity contribution in [3.8, 4) is 5.75 Å². The van der Waals surface area contributed by atoms with Crippen molar-refractivity contribution in [1.82, 2.24) is 4.90 Å². The first-order chi connectivity index (χ1) is 12.1. The lowest BCUT2D eigenvalue weighted by atomic mass is 10.2. The molecule has 0 spiro atoms. The van der Waals surface area contributed by atoms with Crippen molar-refractivity contribution in [2.24, 2.45) is 0 Å².